The van der Waals surface area contributed by atoms with E-state index < -0.39 is 11.9 Å². The molecule has 0 radical (unpaired) electrons. The largest absolute Gasteiger partial charge is 0.478 e. The molecule has 2 aromatic rings. The monoisotopic (exact) mass is 286 g/mol. The first-order valence-electron chi connectivity index (χ1n) is 6.18. The maximum Gasteiger partial charge on any atom is 0.331 e. The van der Waals surface area contributed by atoms with E-state index in [1.54, 1.807) is 30.5 Å². The quantitative estimate of drug-likeness (QED) is 0.832. The molecule has 2 N–H and O–H groups in total. The molecule has 0 aliphatic carbocycles. The summed E-state index contributed by atoms with van der Waals surface area (Å²) in [6.07, 6.45) is 3.18. The second kappa shape index (κ2) is 6.00. The van der Waals surface area contributed by atoms with Gasteiger partial charge in [0.25, 0.3) is 5.91 Å². The Morgan fingerprint density at radius 3 is 2.52 bits per heavy atom. The van der Waals surface area contributed by atoms with Crippen molar-refractivity contribution in [2.24, 2.45) is 0 Å². The minimum absolute atomic E-state index is 0.00531. The molecule has 1 aromatic heterocycles. The van der Waals surface area contributed by atoms with Crippen LogP contribution in [0.25, 0.3) is 5.69 Å². The van der Waals surface area contributed by atoms with Crippen molar-refractivity contribution >= 4 is 17.6 Å². The van der Waals surface area contributed by atoms with Crippen LogP contribution in [0.1, 0.15) is 13.8 Å². The van der Waals surface area contributed by atoms with Crippen LogP contribution in [0.5, 0.6) is 0 Å². The summed E-state index contributed by atoms with van der Waals surface area (Å²) in [5.41, 5.74) is 1.32. The number of hydrogen-bond donors (Lipinski definition) is 2. The van der Waals surface area contributed by atoms with Gasteiger partial charge in [0.1, 0.15) is 0 Å². The van der Waals surface area contributed by atoms with Gasteiger partial charge in [-0.05, 0) is 26.0 Å². The number of nitrogens with zero attached hydrogens (tertiary/aromatic N) is 3. The zero-order valence-corrected chi connectivity index (χ0v) is 11.6. The van der Waals surface area contributed by atoms with Gasteiger partial charge in [-0.15, -0.1) is 5.10 Å². The Bertz CT molecular complexity index is 705. The molecule has 0 bridgehead atoms. The number of aromatic nitrogens is 3. The minimum atomic E-state index is -1.12. The van der Waals surface area contributed by atoms with Gasteiger partial charge >= 0.3 is 5.97 Å². The molecule has 0 aliphatic heterocycles. The number of para-hydroxylation sites is 2. The second-order valence-electron chi connectivity index (χ2n) is 4.37. The fourth-order valence-electron chi connectivity index (χ4n) is 1.66. The van der Waals surface area contributed by atoms with Crippen LogP contribution in [0.3, 0.4) is 0 Å². The van der Waals surface area contributed by atoms with Gasteiger partial charge in [0.2, 0.25) is 0 Å². The number of amides is 1. The van der Waals surface area contributed by atoms with Crippen molar-refractivity contribution in [2.45, 2.75) is 13.8 Å². The van der Waals surface area contributed by atoms with E-state index >= 15 is 0 Å². The van der Waals surface area contributed by atoms with Crippen LogP contribution in [0, 0.1) is 0 Å². The summed E-state index contributed by atoms with van der Waals surface area (Å²) in [5, 5.41) is 19.2. The van der Waals surface area contributed by atoms with Gasteiger partial charge in [-0.2, -0.15) is 0 Å². The topological polar surface area (TPSA) is 97.1 Å². The Morgan fingerprint density at radius 2 is 1.90 bits per heavy atom. The number of aliphatic carboxylic acids is 1. The summed E-state index contributed by atoms with van der Waals surface area (Å²) in [6, 6.07) is 7.04. The van der Waals surface area contributed by atoms with Gasteiger partial charge < -0.3 is 10.4 Å². The lowest BCUT2D eigenvalue weighted by Gasteiger charge is -2.11. The van der Waals surface area contributed by atoms with Gasteiger partial charge in [0.15, 0.2) is 0 Å². The fourth-order valence-corrected chi connectivity index (χ4v) is 1.66. The number of carbonyl (C=O) groups is 2. The number of carboxylic acid groups (broad SMARTS) is 1. The van der Waals surface area contributed by atoms with Crippen LogP contribution >= 0.6 is 0 Å². The molecular weight excluding hydrogens is 272 g/mol. The van der Waals surface area contributed by atoms with E-state index in [1.165, 1.54) is 24.7 Å². The second-order valence-corrected chi connectivity index (χ2v) is 4.37. The van der Waals surface area contributed by atoms with Crippen LogP contribution in [0.15, 0.2) is 47.8 Å². The van der Waals surface area contributed by atoms with Crippen LogP contribution in [0.2, 0.25) is 0 Å². The first kappa shape index (κ1) is 14.4. The van der Waals surface area contributed by atoms with Crippen LogP contribution in [-0.2, 0) is 9.59 Å². The molecule has 0 spiro atoms. The SMILES string of the molecule is CC(C(=O)O)=C(C)C(=O)Nc1ccccc1-n1ccnn1. The molecule has 108 valence electrons. The fraction of sp³-hybridized carbons (Fsp3) is 0.143. The van der Waals surface area contributed by atoms with Crippen molar-refractivity contribution < 1.29 is 14.7 Å². The maximum atomic E-state index is 12.1. The van der Waals surface area contributed by atoms with E-state index in [2.05, 4.69) is 15.6 Å². The normalized spacial score (nSPS) is 11.7. The number of benzene rings is 1. The minimum Gasteiger partial charge on any atom is -0.478 e. The average molecular weight is 286 g/mol. The smallest absolute Gasteiger partial charge is 0.331 e. The number of nitrogens with one attached hydrogen (secondary N) is 1. The average Bonchev–Trinajstić information content (AvgIpc) is 3.00. The number of carbonyl (C=O) groups excluding carboxylic acids is 1. The molecule has 7 nitrogen and oxygen atoms in total. The molecule has 2 rings (SSSR count). The van der Waals surface area contributed by atoms with Crippen molar-refractivity contribution in [3.05, 3.63) is 47.8 Å². The Kier molecular flexibility index (Phi) is 4.13. The third kappa shape index (κ3) is 3.14. The first-order valence-corrected chi connectivity index (χ1v) is 6.18. The molecule has 1 amide bonds. The number of anilines is 1. The van der Waals surface area contributed by atoms with Crippen molar-refractivity contribution in [2.75, 3.05) is 5.32 Å². The Labute approximate surface area is 120 Å². The number of carboxylic acids is 1. The molecule has 1 heterocycles. The highest BCUT2D eigenvalue weighted by molar-refractivity contribution is 6.08. The Hall–Kier alpha value is -2.96. The molecule has 0 saturated carbocycles. The van der Waals surface area contributed by atoms with Crippen LogP contribution < -0.4 is 5.32 Å². The molecular formula is C14H14N4O3. The third-order valence-corrected chi connectivity index (χ3v) is 3.05. The van der Waals surface area contributed by atoms with Gasteiger partial charge in [-0.1, -0.05) is 17.3 Å². The predicted molar refractivity (Wildman–Crippen MR) is 76.0 cm³/mol. The van der Waals surface area contributed by atoms with E-state index in [0.29, 0.717) is 11.4 Å². The molecule has 0 fully saturated rings. The highest BCUT2D eigenvalue weighted by Gasteiger charge is 2.14. The highest BCUT2D eigenvalue weighted by Crippen LogP contribution is 2.19. The van der Waals surface area contributed by atoms with Gasteiger partial charge in [-0.25, -0.2) is 9.48 Å². The highest BCUT2D eigenvalue weighted by atomic mass is 16.4. The molecule has 0 unspecified atom stereocenters. The zero-order chi connectivity index (χ0) is 15.4. The number of hydrogen-bond acceptors (Lipinski definition) is 4. The van der Waals surface area contributed by atoms with Crippen LogP contribution in [0.4, 0.5) is 5.69 Å². The van der Waals surface area contributed by atoms with Crippen molar-refractivity contribution in [3.63, 3.8) is 0 Å². The Balaban J connectivity index is 2.31. The van der Waals surface area contributed by atoms with Crippen molar-refractivity contribution in [3.8, 4) is 5.69 Å². The molecule has 7 heteroatoms. The van der Waals surface area contributed by atoms with E-state index in [-0.39, 0.29) is 11.1 Å². The lowest BCUT2D eigenvalue weighted by molar-refractivity contribution is -0.133. The lowest BCUT2D eigenvalue weighted by Crippen LogP contribution is -2.17. The summed E-state index contributed by atoms with van der Waals surface area (Å²) in [5.74, 6) is -1.59. The van der Waals surface area contributed by atoms with E-state index in [0.717, 1.165) is 0 Å². The van der Waals surface area contributed by atoms with Crippen molar-refractivity contribution in [1.82, 2.24) is 15.0 Å². The van der Waals surface area contributed by atoms with Gasteiger partial charge in [0, 0.05) is 11.1 Å². The molecule has 0 saturated heterocycles. The standard InChI is InChI=1S/C14H14N4O3/c1-9(10(2)14(20)21)13(19)16-11-5-3-4-6-12(11)18-8-7-15-17-18/h3-8H,1-2H3,(H,16,19)(H,20,21). The summed E-state index contributed by atoms with van der Waals surface area (Å²) >= 11 is 0. The molecule has 21 heavy (non-hydrogen) atoms. The van der Waals surface area contributed by atoms with Gasteiger partial charge in [0.05, 0.1) is 23.8 Å². The lowest BCUT2D eigenvalue weighted by atomic mass is 10.1. The number of rotatable bonds is 4. The summed E-state index contributed by atoms with van der Waals surface area (Å²) in [4.78, 5) is 23.0. The summed E-state index contributed by atoms with van der Waals surface area (Å²) in [7, 11) is 0. The zero-order valence-electron chi connectivity index (χ0n) is 11.6. The third-order valence-electron chi connectivity index (χ3n) is 3.05. The van der Waals surface area contributed by atoms with Crippen molar-refractivity contribution in [1.29, 1.82) is 0 Å². The summed E-state index contributed by atoms with van der Waals surface area (Å²) < 4.78 is 1.51. The van der Waals surface area contributed by atoms with Crippen LogP contribution in [-0.4, -0.2) is 32.0 Å². The predicted octanol–water partition coefficient (Wildman–Crippen LogP) is 1.63. The first-order chi connectivity index (χ1) is 10.0. The van der Waals surface area contributed by atoms with E-state index in [9.17, 15) is 9.59 Å². The molecule has 1 aromatic carbocycles. The Morgan fingerprint density at radius 1 is 1.19 bits per heavy atom. The maximum absolute atomic E-state index is 12.1. The molecule has 0 atom stereocenters. The summed E-state index contributed by atoms with van der Waals surface area (Å²) in [6.45, 7) is 2.86. The van der Waals surface area contributed by atoms with Gasteiger partial charge in [-0.3, -0.25) is 4.79 Å². The van der Waals surface area contributed by atoms with E-state index in [1.807, 2.05) is 0 Å². The van der Waals surface area contributed by atoms with E-state index in [4.69, 9.17) is 5.11 Å². The molecule has 0 aliphatic rings.